The molecule has 2 heterocycles. The van der Waals surface area contributed by atoms with Crippen LogP contribution >= 0.6 is 0 Å². The number of rotatable bonds is 3. The Morgan fingerprint density at radius 2 is 2.54 bits per heavy atom. The van der Waals surface area contributed by atoms with Gasteiger partial charge in [-0.15, -0.1) is 0 Å². The number of hydrogen-bond donors (Lipinski definition) is 2. The fourth-order valence-corrected chi connectivity index (χ4v) is 1.53. The summed E-state index contributed by atoms with van der Waals surface area (Å²) in [6.07, 6.45) is 6.40. The summed E-state index contributed by atoms with van der Waals surface area (Å²) in [7, 11) is 0. The Hall–Kier alpha value is -1.16. The van der Waals surface area contributed by atoms with E-state index in [4.69, 9.17) is 0 Å². The molecule has 1 aromatic heterocycles. The second-order valence-corrected chi connectivity index (χ2v) is 3.33. The number of nitrogens with one attached hydrogen (secondary N) is 2. The third kappa shape index (κ3) is 2.39. The summed E-state index contributed by atoms with van der Waals surface area (Å²) < 4.78 is 0. The van der Waals surface area contributed by atoms with Crippen molar-refractivity contribution >= 4 is 5.82 Å². The summed E-state index contributed by atoms with van der Waals surface area (Å²) in [5.41, 5.74) is 0. The molecule has 1 aliphatic rings. The third-order valence-electron chi connectivity index (χ3n) is 2.30. The molecule has 0 amide bonds. The number of aromatic nitrogens is 2. The first-order chi connectivity index (χ1) is 6.45. The van der Waals surface area contributed by atoms with Crippen LogP contribution in [0.15, 0.2) is 18.6 Å². The maximum absolute atomic E-state index is 4.15. The fraction of sp³-hybridized carbons (Fsp3) is 0.556. The van der Waals surface area contributed by atoms with Crippen LogP contribution in [-0.4, -0.2) is 29.6 Å². The highest BCUT2D eigenvalue weighted by Crippen LogP contribution is 2.08. The van der Waals surface area contributed by atoms with E-state index >= 15 is 0 Å². The van der Waals surface area contributed by atoms with Crippen LogP contribution in [0.5, 0.6) is 0 Å². The molecule has 1 aliphatic heterocycles. The van der Waals surface area contributed by atoms with Gasteiger partial charge in [0.2, 0.25) is 0 Å². The Labute approximate surface area is 77.8 Å². The lowest BCUT2D eigenvalue weighted by Gasteiger charge is -2.09. The van der Waals surface area contributed by atoms with Crippen molar-refractivity contribution < 1.29 is 0 Å². The molecule has 4 heteroatoms. The number of anilines is 1. The van der Waals surface area contributed by atoms with Crippen molar-refractivity contribution in [3.05, 3.63) is 18.6 Å². The highest BCUT2D eigenvalue weighted by molar-refractivity contribution is 5.29. The molecule has 0 aliphatic carbocycles. The SMILES string of the molecule is c1cnc(NC[C@H]2CCNC2)cn1. The summed E-state index contributed by atoms with van der Waals surface area (Å²) in [6, 6.07) is 0. The first-order valence-electron chi connectivity index (χ1n) is 4.66. The molecule has 2 rings (SSSR count). The second-order valence-electron chi connectivity index (χ2n) is 3.33. The molecule has 4 nitrogen and oxygen atoms in total. The average Bonchev–Trinajstić information content (AvgIpc) is 2.69. The molecular weight excluding hydrogens is 164 g/mol. The molecule has 2 N–H and O–H groups in total. The van der Waals surface area contributed by atoms with E-state index in [1.54, 1.807) is 18.6 Å². The minimum Gasteiger partial charge on any atom is -0.368 e. The van der Waals surface area contributed by atoms with Crippen molar-refractivity contribution in [3.63, 3.8) is 0 Å². The van der Waals surface area contributed by atoms with Crippen LogP contribution in [0.25, 0.3) is 0 Å². The van der Waals surface area contributed by atoms with Crippen LogP contribution in [-0.2, 0) is 0 Å². The summed E-state index contributed by atoms with van der Waals surface area (Å²) in [5.74, 6) is 1.61. The molecular formula is C9H14N4. The zero-order valence-corrected chi connectivity index (χ0v) is 7.53. The van der Waals surface area contributed by atoms with Crippen LogP contribution in [0.4, 0.5) is 5.82 Å². The van der Waals surface area contributed by atoms with Crippen LogP contribution in [0.3, 0.4) is 0 Å². The summed E-state index contributed by atoms with van der Waals surface area (Å²) >= 11 is 0. The van der Waals surface area contributed by atoms with Crippen molar-refractivity contribution in [2.45, 2.75) is 6.42 Å². The van der Waals surface area contributed by atoms with Crippen molar-refractivity contribution in [2.75, 3.05) is 25.0 Å². The van der Waals surface area contributed by atoms with Gasteiger partial charge in [-0.05, 0) is 25.4 Å². The van der Waals surface area contributed by atoms with E-state index in [0.717, 1.165) is 31.4 Å². The van der Waals surface area contributed by atoms with Gasteiger partial charge in [-0.1, -0.05) is 0 Å². The highest BCUT2D eigenvalue weighted by atomic mass is 15.0. The van der Waals surface area contributed by atoms with Crippen molar-refractivity contribution in [2.24, 2.45) is 5.92 Å². The minimum atomic E-state index is 0.738. The van der Waals surface area contributed by atoms with Crippen LogP contribution in [0.2, 0.25) is 0 Å². The van der Waals surface area contributed by atoms with E-state index in [1.807, 2.05) is 0 Å². The first-order valence-corrected chi connectivity index (χ1v) is 4.66. The number of hydrogen-bond acceptors (Lipinski definition) is 4. The summed E-state index contributed by atoms with van der Waals surface area (Å²) in [4.78, 5) is 8.13. The Bertz CT molecular complexity index is 243. The van der Waals surface area contributed by atoms with E-state index in [-0.39, 0.29) is 0 Å². The molecule has 1 atom stereocenters. The van der Waals surface area contributed by atoms with Crippen LogP contribution in [0.1, 0.15) is 6.42 Å². The Morgan fingerprint density at radius 3 is 3.23 bits per heavy atom. The molecule has 0 spiro atoms. The first kappa shape index (κ1) is 8.44. The van der Waals surface area contributed by atoms with Gasteiger partial charge < -0.3 is 10.6 Å². The molecule has 0 radical (unpaired) electrons. The van der Waals surface area contributed by atoms with E-state index in [1.165, 1.54) is 6.42 Å². The number of nitrogens with zero attached hydrogens (tertiary/aromatic N) is 2. The van der Waals surface area contributed by atoms with E-state index in [0.29, 0.717) is 0 Å². The van der Waals surface area contributed by atoms with Gasteiger partial charge in [-0.2, -0.15) is 0 Å². The topological polar surface area (TPSA) is 49.8 Å². The highest BCUT2D eigenvalue weighted by Gasteiger charge is 2.13. The monoisotopic (exact) mass is 178 g/mol. The second kappa shape index (κ2) is 4.18. The Kier molecular flexibility index (Phi) is 2.72. The van der Waals surface area contributed by atoms with E-state index < -0.39 is 0 Å². The maximum atomic E-state index is 4.15. The zero-order valence-electron chi connectivity index (χ0n) is 7.53. The predicted molar refractivity (Wildman–Crippen MR) is 51.5 cm³/mol. The lowest BCUT2D eigenvalue weighted by molar-refractivity contribution is 0.614. The molecule has 1 aromatic rings. The average molecular weight is 178 g/mol. The third-order valence-corrected chi connectivity index (χ3v) is 2.30. The molecule has 0 bridgehead atoms. The lowest BCUT2D eigenvalue weighted by atomic mass is 10.1. The van der Waals surface area contributed by atoms with Gasteiger partial charge in [0.1, 0.15) is 5.82 Å². The molecule has 1 fully saturated rings. The van der Waals surface area contributed by atoms with Crippen molar-refractivity contribution in [3.8, 4) is 0 Å². The summed E-state index contributed by atoms with van der Waals surface area (Å²) in [6.45, 7) is 3.26. The molecule has 0 unspecified atom stereocenters. The van der Waals surface area contributed by atoms with E-state index in [2.05, 4.69) is 20.6 Å². The van der Waals surface area contributed by atoms with Gasteiger partial charge >= 0.3 is 0 Å². The Morgan fingerprint density at radius 1 is 1.54 bits per heavy atom. The van der Waals surface area contributed by atoms with Gasteiger partial charge in [-0.3, -0.25) is 4.98 Å². The summed E-state index contributed by atoms with van der Waals surface area (Å²) in [5, 5.41) is 6.61. The zero-order chi connectivity index (χ0) is 8.93. The van der Waals surface area contributed by atoms with Crippen molar-refractivity contribution in [1.29, 1.82) is 0 Å². The fourth-order valence-electron chi connectivity index (χ4n) is 1.53. The van der Waals surface area contributed by atoms with Gasteiger partial charge in [0.15, 0.2) is 0 Å². The van der Waals surface area contributed by atoms with Gasteiger partial charge in [0.25, 0.3) is 0 Å². The Balaban J connectivity index is 1.79. The van der Waals surface area contributed by atoms with Gasteiger partial charge in [0, 0.05) is 18.9 Å². The lowest BCUT2D eigenvalue weighted by Crippen LogP contribution is -2.17. The standard InChI is InChI=1S/C9H14N4/c1-2-10-5-8(1)6-13-9-7-11-3-4-12-9/h3-4,7-8,10H,1-2,5-6H2,(H,12,13)/t8-/m0/s1. The molecule has 1 saturated heterocycles. The smallest absolute Gasteiger partial charge is 0.144 e. The van der Waals surface area contributed by atoms with Gasteiger partial charge in [-0.25, -0.2) is 4.98 Å². The quantitative estimate of drug-likeness (QED) is 0.707. The minimum absolute atomic E-state index is 0.738. The van der Waals surface area contributed by atoms with E-state index in [9.17, 15) is 0 Å². The molecule has 70 valence electrons. The maximum Gasteiger partial charge on any atom is 0.144 e. The van der Waals surface area contributed by atoms with Gasteiger partial charge in [0.05, 0.1) is 6.20 Å². The normalized spacial score (nSPS) is 21.7. The molecule has 0 saturated carbocycles. The largest absolute Gasteiger partial charge is 0.368 e. The molecule has 0 aromatic carbocycles. The van der Waals surface area contributed by atoms with Crippen LogP contribution in [0, 0.1) is 5.92 Å². The van der Waals surface area contributed by atoms with Crippen molar-refractivity contribution in [1.82, 2.24) is 15.3 Å². The predicted octanol–water partition coefficient (Wildman–Crippen LogP) is 0.498. The van der Waals surface area contributed by atoms with Crippen LogP contribution < -0.4 is 10.6 Å². The molecule has 13 heavy (non-hydrogen) atoms.